The van der Waals surface area contributed by atoms with Crippen molar-refractivity contribution >= 4 is 11.9 Å². The lowest BCUT2D eigenvalue weighted by molar-refractivity contribution is -0.132. The molecule has 0 aromatic rings. The van der Waals surface area contributed by atoms with Gasteiger partial charge >= 0.3 is 5.97 Å². The highest BCUT2D eigenvalue weighted by Crippen LogP contribution is 2.30. The monoisotopic (exact) mass is 239 g/mol. The first-order chi connectivity index (χ1) is 7.80. The van der Waals surface area contributed by atoms with Gasteiger partial charge in [0.2, 0.25) is 5.91 Å². The van der Waals surface area contributed by atoms with E-state index in [1.54, 1.807) is 11.8 Å². The van der Waals surface area contributed by atoms with Gasteiger partial charge in [-0.25, -0.2) is 4.79 Å². The normalized spacial score (nSPS) is 21.2. The molecule has 1 rings (SSSR count). The summed E-state index contributed by atoms with van der Waals surface area (Å²) < 4.78 is 0. The summed E-state index contributed by atoms with van der Waals surface area (Å²) in [6, 6.07) is 0. The Morgan fingerprint density at radius 1 is 1.47 bits per heavy atom. The predicted molar refractivity (Wildman–Crippen MR) is 65.6 cm³/mol. The Labute approximate surface area is 102 Å². The smallest absolute Gasteiger partial charge is 0.328 e. The molecule has 0 saturated carbocycles. The summed E-state index contributed by atoms with van der Waals surface area (Å²) in [6.45, 7) is 7.24. The lowest BCUT2D eigenvalue weighted by atomic mass is 9.85. The molecule has 0 aromatic heterocycles. The molecule has 1 N–H and O–H groups in total. The Bertz CT molecular complexity index is 345. The van der Waals surface area contributed by atoms with E-state index >= 15 is 0 Å². The van der Waals surface area contributed by atoms with Crippen LogP contribution >= 0.6 is 0 Å². The SMILES string of the molecule is CC(=CC(=O)O)CN1CCC(C)(C)CCC1=O. The fraction of sp³-hybridized carbons (Fsp3) is 0.692. The second kappa shape index (κ2) is 5.34. The van der Waals surface area contributed by atoms with E-state index in [9.17, 15) is 9.59 Å². The van der Waals surface area contributed by atoms with Crippen molar-refractivity contribution in [3.8, 4) is 0 Å². The van der Waals surface area contributed by atoms with Crippen molar-refractivity contribution in [3.05, 3.63) is 11.6 Å². The fourth-order valence-electron chi connectivity index (χ4n) is 2.02. The first kappa shape index (κ1) is 13.7. The summed E-state index contributed by atoms with van der Waals surface area (Å²) in [7, 11) is 0. The first-order valence-electron chi connectivity index (χ1n) is 5.98. The molecule has 0 aliphatic carbocycles. The molecule has 17 heavy (non-hydrogen) atoms. The van der Waals surface area contributed by atoms with E-state index in [0.717, 1.165) is 19.4 Å². The Balaban J connectivity index is 2.65. The number of likely N-dealkylation sites (tertiary alicyclic amines) is 1. The van der Waals surface area contributed by atoms with Crippen LogP contribution in [0.5, 0.6) is 0 Å². The van der Waals surface area contributed by atoms with Crippen molar-refractivity contribution in [1.29, 1.82) is 0 Å². The number of nitrogens with zero attached hydrogens (tertiary/aromatic N) is 1. The minimum Gasteiger partial charge on any atom is -0.478 e. The third kappa shape index (κ3) is 4.59. The quantitative estimate of drug-likeness (QED) is 0.767. The Morgan fingerprint density at radius 2 is 2.12 bits per heavy atom. The number of rotatable bonds is 3. The van der Waals surface area contributed by atoms with Gasteiger partial charge < -0.3 is 10.0 Å². The van der Waals surface area contributed by atoms with Crippen LogP contribution in [-0.2, 0) is 9.59 Å². The first-order valence-corrected chi connectivity index (χ1v) is 5.98. The molecule has 0 unspecified atom stereocenters. The molecule has 0 radical (unpaired) electrons. The molecule has 1 aliphatic heterocycles. The van der Waals surface area contributed by atoms with Gasteiger partial charge in [0.15, 0.2) is 0 Å². The minimum absolute atomic E-state index is 0.133. The summed E-state index contributed by atoms with van der Waals surface area (Å²) in [5.74, 6) is -0.821. The van der Waals surface area contributed by atoms with Crippen molar-refractivity contribution in [2.24, 2.45) is 5.41 Å². The lowest BCUT2D eigenvalue weighted by Crippen LogP contribution is -2.32. The van der Waals surface area contributed by atoms with Crippen molar-refractivity contribution in [2.45, 2.75) is 40.0 Å². The Morgan fingerprint density at radius 3 is 2.71 bits per heavy atom. The van der Waals surface area contributed by atoms with E-state index < -0.39 is 5.97 Å². The summed E-state index contributed by atoms with van der Waals surface area (Å²) in [4.78, 5) is 24.2. The Kier molecular flexibility index (Phi) is 4.32. The molecule has 0 bridgehead atoms. The molecule has 96 valence electrons. The maximum atomic E-state index is 11.9. The van der Waals surface area contributed by atoms with Gasteiger partial charge in [0.1, 0.15) is 0 Å². The molecule has 4 heteroatoms. The molecule has 0 atom stereocenters. The van der Waals surface area contributed by atoms with Crippen LogP contribution in [0.25, 0.3) is 0 Å². The number of carboxylic acid groups (broad SMARTS) is 1. The number of carbonyl (C=O) groups excluding carboxylic acids is 1. The van der Waals surface area contributed by atoms with E-state index in [-0.39, 0.29) is 11.3 Å². The van der Waals surface area contributed by atoms with E-state index in [0.29, 0.717) is 18.5 Å². The van der Waals surface area contributed by atoms with E-state index in [1.807, 2.05) is 0 Å². The fourth-order valence-corrected chi connectivity index (χ4v) is 2.02. The number of hydrogen-bond donors (Lipinski definition) is 1. The minimum atomic E-state index is -0.954. The molecular formula is C13H21NO3. The average Bonchev–Trinajstić information content (AvgIpc) is 2.30. The molecule has 0 spiro atoms. The number of amides is 1. The van der Waals surface area contributed by atoms with Gasteiger partial charge in [0, 0.05) is 25.6 Å². The van der Waals surface area contributed by atoms with Gasteiger partial charge in [0.05, 0.1) is 0 Å². The molecule has 1 heterocycles. The van der Waals surface area contributed by atoms with Crippen LogP contribution in [0.2, 0.25) is 0 Å². The highest BCUT2D eigenvalue weighted by atomic mass is 16.4. The van der Waals surface area contributed by atoms with Crippen LogP contribution < -0.4 is 0 Å². The second-order valence-corrected chi connectivity index (χ2v) is 5.56. The summed E-state index contributed by atoms with van der Waals surface area (Å²) >= 11 is 0. The molecule has 4 nitrogen and oxygen atoms in total. The average molecular weight is 239 g/mol. The van der Waals surface area contributed by atoms with Crippen LogP contribution in [-0.4, -0.2) is 35.0 Å². The maximum Gasteiger partial charge on any atom is 0.328 e. The number of aliphatic carboxylic acids is 1. The van der Waals surface area contributed by atoms with Crippen LogP contribution in [0.15, 0.2) is 11.6 Å². The van der Waals surface area contributed by atoms with E-state index in [4.69, 9.17) is 5.11 Å². The standard InChI is InChI=1S/C13H21NO3/c1-10(8-12(16)17)9-14-7-6-13(2,3)5-4-11(14)15/h8H,4-7,9H2,1-3H3,(H,16,17). The number of carboxylic acids is 1. The van der Waals surface area contributed by atoms with Crippen LogP contribution in [0.1, 0.15) is 40.0 Å². The summed E-state index contributed by atoms with van der Waals surface area (Å²) in [5.41, 5.74) is 0.917. The number of hydrogen-bond acceptors (Lipinski definition) is 2. The van der Waals surface area contributed by atoms with Crippen LogP contribution in [0, 0.1) is 5.41 Å². The molecule has 1 aliphatic rings. The molecule has 1 saturated heterocycles. The predicted octanol–water partition coefficient (Wildman–Crippen LogP) is 2.06. The van der Waals surface area contributed by atoms with Gasteiger partial charge in [-0.3, -0.25) is 4.79 Å². The van der Waals surface area contributed by atoms with Gasteiger partial charge in [-0.05, 0) is 30.8 Å². The highest BCUT2D eigenvalue weighted by molar-refractivity contribution is 5.81. The van der Waals surface area contributed by atoms with Crippen molar-refractivity contribution in [2.75, 3.05) is 13.1 Å². The molecular weight excluding hydrogens is 218 g/mol. The Hall–Kier alpha value is -1.32. The summed E-state index contributed by atoms with van der Waals surface area (Å²) in [5, 5.41) is 8.64. The zero-order valence-electron chi connectivity index (χ0n) is 10.8. The number of carbonyl (C=O) groups is 2. The molecule has 0 aromatic carbocycles. The lowest BCUT2D eigenvalue weighted by Gasteiger charge is -2.23. The zero-order chi connectivity index (χ0) is 13.1. The van der Waals surface area contributed by atoms with Crippen LogP contribution in [0.3, 0.4) is 0 Å². The molecule has 1 fully saturated rings. The van der Waals surface area contributed by atoms with E-state index in [2.05, 4.69) is 13.8 Å². The van der Waals surface area contributed by atoms with Crippen molar-refractivity contribution in [3.63, 3.8) is 0 Å². The largest absolute Gasteiger partial charge is 0.478 e. The molecule has 1 amide bonds. The van der Waals surface area contributed by atoms with Gasteiger partial charge in [-0.1, -0.05) is 13.8 Å². The maximum absolute atomic E-state index is 11.9. The van der Waals surface area contributed by atoms with Crippen molar-refractivity contribution in [1.82, 2.24) is 4.90 Å². The van der Waals surface area contributed by atoms with E-state index in [1.165, 1.54) is 6.08 Å². The topological polar surface area (TPSA) is 57.6 Å². The summed E-state index contributed by atoms with van der Waals surface area (Å²) in [6.07, 6.45) is 3.61. The zero-order valence-corrected chi connectivity index (χ0v) is 10.8. The second-order valence-electron chi connectivity index (χ2n) is 5.56. The van der Waals surface area contributed by atoms with Gasteiger partial charge in [-0.15, -0.1) is 0 Å². The van der Waals surface area contributed by atoms with Crippen molar-refractivity contribution < 1.29 is 14.7 Å². The third-order valence-corrected chi connectivity index (χ3v) is 3.24. The van der Waals surface area contributed by atoms with Gasteiger partial charge in [0.25, 0.3) is 0 Å². The third-order valence-electron chi connectivity index (χ3n) is 3.24. The van der Waals surface area contributed by atoms with Gasteiger partial charge in [-0.2, -0.15) is 0 Å². The van der Waals surface area contributed by atoms with Crippen LogP contribution in [0.4, 0.5) is 0 Å². The highest BCUT2D eigenvalue weighted by Gasteiger charge is 2.27.